The third-order valence-corrected chi connectivity index (χ3v) is 3.76. The minimum Gasteiger partial charge on any atom is -0.284 e. The van der Waals surface area contributed by atoms with E-state index < -0.39 is 15.7 Å². The van der Waals surface area contributed by atoms with Crippen LogP contribution in [0.25, 0.3) is 0 Å². The quantitative estimate of drug-likeness (QED) is 0.616. The summed E-state index contributed by atoms with van der Waals surface area (Å²) in [6.45, 7) is 0.0859. The maximum Gasteiger partial charge on any atom is 0.295 e. The van der Waals surface area contributed by atoms with Crippen LogP contribution in [0.5, 0.6) is 0 Å². The summed E-state index contributed by atoms with van der Waals surface area (Å²) >= 11 is 0. The van der Waals surface area contributed by atoms with Gasteiger partial charge in [-0.25, -0.2) is 4.68 Å². The number of nitrogens with zero attached hydrogens (tertiary/aromatic N) is 5. The number of aromatic nitrogens is 2. The molecule has 0 fully saturated rings. The zero-order chi connectivity index (χ0) is 17.7. The summed E-state index contributed by atoms with van der Waals surface area (Å²) in [4.78, 5) is 11.8. The van der Waals surface area contributed by atoms with Crippen molar-refractivity contribution in [2.45, 2.75) is 17.9 Å². The Morgan fingerprint density at radius 2 is 1.88 bits per heavy atom. The maximum atomic E-state index is 12.1. The smallest absolute Gasteiger partial charge is 0.284 e. The van der Waals surface area contributed by atoms with Gasteiger partial charge < -0.3 is 0 Å². The number of azo groups is 1. The van der Waals surface area contributed by atoms with Crippen LogP contribution in [0, 0.1) is 22.7 Å². The molecule has 0 bridgehead atoms. The number of nitrogens with one attached hydrogen (secondary N) is 1. The molecule has 1 aromatic carbocycles. The Morgan fingerprint density at radius 3 is 2.42 bits per heavy atom. The van der Waals surface area contributed by atoms with Gasteiger partial charge in [0, 0.05) is 0 Å². The number of nitriles is 2. The van der Waals surface area contributed by atoms with Crippen molar-refractivity contribution in [1.82, 2.24) is 9.78 Å². The first kappa shape index (κ1) is 17.1. The Morgan fingerprint density at radius 1 is 1.21 bits per heavy atom. The molecule has 11 heteroatoms. The molecule has 122 valence electrons. The summed E-state index contributed by atoms with van der Waals surface area (Å²) in [7, 11) is -4.31. The Balaban J connectivity index is 2.32. The molecule has 0 aliphatic carbocycles. The van der Waals surface area contributed by atoms with E-state index >= 15 is 0 Å². The molecule has 1 heterocycles. The van der Waals surface area contributed by atoms with Crippen LogP contribution in [-0.4, -0.2) is 22.8 Å². The van der Waals surface area contributed by atoms with E-state index in [0.717, 1.165) is 16.8 Å². The predicted molar refractivity (Wildman–Crippen MR) is 80.4 cm³/mol. The van der Waals surface area contributed by atoms with Crippen LogP contribution in [0.2, 0.25) is 0 Å². The van der Waals surface area contributed by atoms with Crippen molar-refractivity contribution in [2.75, 3.05) is 0 Å². The van der Waals surface area contributed by atoms with Crippen molar-refractivity contribution in [1.29, 1.82) is 10.5 Å². The monoisotopic (exact) mass is 346 g/mol. The van der Waals surface area contributed by atoms with E-state index in [1.165, 1.54) is 12.1 Å². The van der Waals surface area contributed by atoms with Crippen LogP contribution in [0.15, 0.2) is 44.2 Å². The van der Waals surface area contributed by atoms with Crippen LogP contribution in [0.3, 0.4) is 0 Å². The lowest BCUT2D eigenvalue weighted by molar-refractivity contribution is 0.483. The average Bonchev–Trinajstić information content (AvgIpc) is 2.86. The SMILES string of the molecule is N#CCCn1[nH]c(C#N)c(N=Nc2ccc(S(=O)(=O)O)cc2)c1=O. The lowest BCUT2D eigenvalue weighted by atomic mass is 10.3. The van der Waals surface area contributed by atoms with Crippen LogP contribution in [0.4, 0.5) is 11.4 Å². The molecule has 2 rings (SSSR count). The molecule has 0 saturated heterocycles. The van der Waals surface area contributed by atoms with Gasteiger partial charge in [0.15, 0.2) is 11.4 Å². The molecule has 0 spiro atoms. The number of hydrogen-bond donors (Lipinski definition) is 2. The van der Waals surface area contributed by atoms with Gasteiger partial charge in [0.25, 0.3) is 15.7 Å². The minimum atomic E-state index is -4.31. The zero-order valence-electron chi connectivity index (χ0n) is 12.0. The zero-order valence-corrected chi connectivity index (χ0v) is 12.9. The maximum absolute atomic E-state index is 12.1. The first-order valence-electron chi connectivity index (χ1n) is 6.46. The summed E-state index contributed by atoms with van der Waals surface area (Å²) in [6, 6.07) is 8.45. The summed E-state index contributed by atoms with van der Waals surface area (Å²) in [5.74, 6) is 0. The van der Waals surface area contributed by atoms with Crippen molar-refractivity contribution < 1.29 is 13.0 Å². The predicted octanol–water partition coefficient (Wildman–Crippen LogP) is 1.62. The second kappa shape index (κ2) is 6.87. The molecule has 0 aliphatic rings. The Hall–Kier alpha value is -3.28. The molecule has 0 saturated carbocycles. The first-order chi connectivity index (χ1) is 11.4. The molecule has 24 heavy (non-hydrogen) atoms. The van der Waals surface area contributed by atoms with Crippen LogP contribution in [-0.2, 0) is 16.7 Å². The summed E-state index contributed by atoms with van der Waals surface area (Å²) in [6.07, 6.45) is 0.0823. The normalized spacial score (nSPS) is 11.3. The fourth-order valence-electron chi connectivity index (χ4n) is 1.76. The van der Waals surface area contributed by atoms with E-state index in [1.807, 2.05) is 6.07 Å². The summed E-state index contributed by atoms with van der Waals surface area (Å²) < 4.78 is 31.8. The number of hydrogen-bond acceptors (Lipinski definition) is 7. The second-order valence-corrected chi connectivity index (χ2v) is 5.90. The Labute approximate surface area is 136 Å². The highest BCUT2D eigenvalue weighted by molar-refractivity contribution is 7.85. The average molecular weight is 346 g/mol. The number of rotatable bonds is 5. The van der Waals surface area contributed by atoms with Gasteiger partial charge >= 0.3 is 0 Å². The van der Waals surface area contributed by atoms with Gasteiger partial charge in [0.05, 0.1) is 29.6 Å². The molecular formula is C13H10N6O4S. The van der Waals surface area contributed by atoms with E-state index in [4.69, 9.17) is 15.1 Å². The second-order valence-electron chi connectivity index (χ2n) is 4.48. The fourth-order valence-corrected chi connectivity index (χ4v) is 2.24. The molecule has 0 aliphatic heterocycles. The first-order valence-corrected chi connectivity index (χ1v) is 7.90. The van der Waals surface area contributed by atoms with E-state index in [0.29, 0.717) is 0 Å². The van der Waals surface area contributed by atoms with Crippen LogP contribution >= 0.6 is 0 Å². The Kier molecular flexibility index (Phi) is 4.89. The lowest BCUT2D eigenvalue weighted by Gasteiger charge is -1.96. The molecule has 2 aromatic rings. The van der Waals surface area contributed by atoms with Crippen molar-refractivity contribution in [3.63, 3.8) is 0 Å². The van der Waals surface area contributed by atoms with Crippen LogP contribution in [0.1, 0.15) is 12.1 Å². The molecular weight excluding hydrogens is 336 g/mol. The van der Waals surface area contributed by atoms with E-state index in [2.05, 4.69) is 15.3 Å². The van der Waals surface area contributed by atoms with Gasteiger partial charge in [-0.3, -0.25) is 14.4 Å². The highest BCUT2D eigenvalue weighted by atomic mass is 32.2. The van der Waals surface area contributed by atoms with E-state index in [9.17, 15) is 13.2 Å². The van der Waals surface area contributed by atoms with Crippen LogP contribution < -0.4 is 5.56 Å². The van der Waals surface area contributed by atoms with Crippen molar-refractivity contribution >= 4 is 21.5 Å². The molecule has 2 N–H and O–H groups in total. The standard InChI is InChI=1S/C13H10N6O4S/c14-6-1-7-19-13(20)12(11(8-15)18-19)17-16-9-2-4-10(5-3-9)24(21,22)23/h2-5,18H,1,7H2,(H,21,22,23). The number of benzene rings is 1. The topological polar surface area (TPSA) is 164 Å². The van der Waals surface area contributed by atoms with E-state index in [-0.39, 0.29) is 34.9 Å². The van der Waals surface area contributed by atoms with Crippen molar-refractivity contribution in [3.05, 3.63) is 40.3 Å². The van der Waals surface area contributed by atoms with Gasteiger partial charge in [-0.05, 0) is 24.3 Å². The summed E-state index contributed by atoms with van der Waals surface area (Å²) in [5, 5.41) is 27.5. The van der Waals surface area contributed by atoms with Crippen molar-refractivity contribution in [3.8, 4) is 12.1 Å². The fraction of sp³-hybridized carbons (Fsp3) is 0.154. The lowest BCUT2D eigenvalue weighted by Crippen LogP contribution is -2.16. The third-order valence-electron chi connectivity index (χ3n) is 2.89. The van der Waals surface area contributed by atoms with Gasteiger partial charge in [-0.1, -0.05) is 0 Å². The largest absolute Gasteiger partial charge is 0.295 e. The molecule has 0 unspecified atom stereocenters. The number of H-pyrrole nitrogens is 1. The summed E-state index contributed by atoms with van der Waals surface area (Å²) in [5.41, 5.74) is -0.693. The molecule has 0 amide bonds. The van der Waals surface area contributed by atoms with Gasteiger partial charge in [0.1, 0.15) is 6.07 Å². The Bertz CT molecular complexity index is 1020. The molecule has 0 atom stereocenters. The highest BCUT2D eigenvalue weighted by Gasteiger charge is 2.13. The minimum absolute atomic E-state index is 0.0823. The van der Waals surface area contributed by atoms with E-state index in [1.54, 1.807) is 6.07 Å². The molecule has 1 aromatic heterocycles. The number of aromatic amines is 1. The van der Waals surface area contributed by atoms with Crippen molar-refractivity contribution in [2.24, 2.45) is 10.2 Å². The molecule has 0 radical (unpaired) electrons. The number of aryl methyl sites for hydroxylation is 1. The molecule has 10 nitrogen and oxygen atoms in total. The van der Waals surface area contributed by atoms with Gasteiger partial charge in [0.2, 0.25) is 0 Å². The highest BCUT2D eigenvalue weighted by Crippen LogP contribution is 2.20. The van der Waals surface area contributed by atoms with Gasteiger partial charge in [-0.15, -0.1) is 5.11 Å². The van der Waals surface area contributed by atoms with Gasteiger partial charge in [-0.2, -0.15) is 24.1 Å². The third kappa shape index (κ3) is 3.73.